The van der Waals surface area contributed by atoms with E-state index in [4.69, 9.17) is 16.3 Å². The van der Waals surface area contributed by atoms with Crippen molar-refractivity contribution in [2.45, 2.75) is 31.8 Å². The van der Waals surface area contributed by atoms with Crippen LogP contribution in [0.3, 0.4) is 0 Å². The van der Waals surface area contributed by atoms with Gasteiger partial charge in [0.15, 0.2) is 0 Å². The molecule has 0 aliphatic carbocycles. The molecule has 6 nitrogen and oxygen atoms in total. The molecular formula is C21H22ClFN2O4. The fourth-order valence-electron chi connectivity index (χ4n) is 2.82. The summed E-state index contributed by atoms with van der Waals surface area (Å²) in [6, 6.07) is 10.6. The van der Waals surface area contributed by atoms with Gasteiger partial charge >= 0.3 is 5.97 Å². The van der Waals surface area contributed by atoms with Crippen LogP contribution >= 0.6 is 11.6 Å². The number of hydrogen-bond acceptors (Lipinski definition) is 4. The van der Waals surface area contributed by atoms with Crippen LogP contribution in [0, 0.1) is 5.82 Å². The Morgan fingerprint density at radius 1 is 1.00 bits per heavy atom. The van der Waals surface area contributed by atoms with E-state index in [0.29, 0.717) is 10.6 Å². The van der Waals surface area contributed by atoms with Crippen molar-refractivity contribution in [2.24, 2.45) is 0 Å². The van der Waals surface area contributed by atoms with Gasteiger partial charge in [-0.1, -0.05) is 35.9 Å². The van der Waals surface area contributed by atoms with Crippen molar-refractivity contribution in [3.05, 3.63) is 70.5 Å². The molecule has 29 heavy (non-hydrogen) atoms. The van der Waals surface area contributed by atoms with Gasteiger partial charge in [-0.05, 0) is 35.4 Å². The molecule has 2 N–H and O–H groups in total. The number of methoxy groups -OCH3 is 1. The Kier molecular flexibility index (Phi) is 8.15. The number of ether oxygens (including phenoxy) is 1. The van der Waals surface area contributed by atoms with Gasteiger partial charge in [-0.2, -0.15) is 0 Å². The van der Waals surface area contributed by atoms with Crippen molar-refractivity contribution in [2.75, 3.05) is 7.11 Å². The topological polar surface area (TPSA) is 84.5 Å². The van der Waals surface area contributed by atoms with Crippen LogP contribution in [0.5, 0.6) is 0 Å². The van der Waals surface area contributed by atoms with E-state index in [1.807, 2.05) is 0 Å². The largest absolute Gasteiger partial charge is 0.467 e. The molecule has 2 rings (SSSR count). The van der Waals surface area contributed by atoms with E-state index < -0.39 is 35.7 Å². The zero-order valence-corrected chi connectivity index (χ0v) is 16.8. The number of rotatable bonds is 8. The van der Waals surface area contributed by atoms with E-state index in [2.05, 4.69) is 10.6 Å². The zero-order valence-electron chi connectivity index (χ0n) is 16.1. The molecule has 0 fully saturated rings. The smallest absolute Gasteiger partial charge is 0.328 e. The van der Waals surface area contributed by atoms with Gasteiger partial charge in [0.25, 0.3) is 0 Å². The van der Waals surface area contributed by atoms with E-state index in [-0.39, 0.29) is 12.8 Å². The third-order valence-corrected chi connectivity index (χ3v) is 4.41. The van der Waals surface area contributed by atoms with Crippen molar-refractivity contribution >= 4 is 29.4 Å². The van der Waals surface area contributed by atoms with Gasteiger partial charge < -0.3 is 15.4 Å². The summed E-state index contributed by atoms with van der Waals surface area (Å²) in [7, 11) is 1.23. The van der Waals surface area contributed by atoms with Crippen LogP contribution in [0.1, 0.15) is 18.1 Å². The van der Waals surface area contributed by atoms with Crippen LogP contribution < -0.4 is 10.6 Å². The van der Waals surface area contributed by atoms with E-state index in [1.165, 1.54) is 38.3 Å². The van der Waals surface area contributed by atoms with E-state index >= 15 is 0 Å². The van der Waals surface area contributed by atoms with Crippen LogP contribution in [-0.2, 0) is 32.0 Å². The summed E-state index contributed by atoms with van der Waals surface area (Å²) in [5.41, 5.74) is 1.40. The third kappa shape index (κ3) is 7.19. The molecule has 2 amide bonds. The van der Waals surface area contributed by atoms with Gasteiger partial charge in [-0.25, -0.2) is 9.18 Å². The number of hydrogen-bond donors (Lipinski definition) is 2. The van der Waals surface area contributed by atoms with Crippen LogP contribution in [-0.4, -0.2) is 37.0 Å². The summed E-state index contributed by atoms with van der Waals surface area (Å²) >= 11 is 5.98. The van der Waals surface area contributed by atoms with Crippen molar-refractivity contribution in [3.63, 3.8) is 0 Å². The average Bonchev–Trinajstić information content (AvgIpc) is 2.67. The Morgan fingerprint density at radius 3 is 2.24 bits per heavy atom. The summed E-state index contributed by atoms with van der Waals surface area (Å²) in [5, 5.41) is 5.69. The number of amides is 2. The van der Waals surface area contributed by atoms with E-state index in [9.17, 15) is 18.8 Å². The minimum atomic E-state index is -0.963. The Morgan fingerprint density at radius 2 is 1.66 bits per heavy atom. The second kappa shape index (κ2) is 10.6. The first-order valence-corrected chi connectivity index (χ1v) is 9.30. The highest BCUT2D eigenvalue weighted by atomic mass is 35.5. The molecule has 0 radical (unpaired) electrons. The maximum Gasteiger partial charge on any atom is 0.328 e. The van der Waals surface area contributed by atoms with Gasteiger partial charge in [0.1, 0.15) is 17.9 Å². The highest BCUT2D eigenvalue weighted by molar-refractivity contribution is 6.30. The molecule has 2 atom stereocenters. The minimum Gasteiger partial charge on any atom is -0.467 e. The molecule has 0 spiro atoms. The Bertz CT molecular complexity index is 873. The molecule has 0 aliphatic heterocycles. The van der Waals surface area contributed by atoms with E-state index in [0.717, 1.165) is 5.56 Å². The number of carbonyl (C=O) groups excluding carboxylic acids is 3. The lowest BCUT2D eigenvalue weighted by atomic mass is 10.0. The predicted molar refractivity (Wildman–Crippen MR) is 107 cm³/mol. The normalized spacial score (nSPS) is 12.6. The van der Waals surface area contributed by atoms with Gasteiger partial charge in [-0.15, -0.1) is 0 Å². The van der Waals surface area contributed by atoms with E-state index in [1.54, 1.807) is 24.3 Å². The summed E-state index contributed by atoms with van der Waals surface area (Å²) in [6.45, 7) is 1.29. The molecule has 0 aliphatic rings. The molecule has 0 heterocycles. The van der Waals surface area contributed by atoms with Crippen molar-refractivity contribution in [3.8, 4) is 0 Å². The molecule has 0 aromatic heterocycles. The second-order valence-electron chi connectivity index (χ2n) is 6.50. The lowest BCUT2D eigenvalue weighted by Crippen LogP contribution is -2.53. The monoisotopic (exact) mass is 420 g/mol. The predicted octanol–water partition coefficient (Wildman–Crippen LogP) is 2.43. The molecule has 2 aromatic carbocycles. The number of esters is 1. The molecule has 0 saturated carbocycles. The number of halogens is 2. The van der Waals surface area contributed by atoms with Crippen LogP contribution in [0.2, 0.25) is 5.02 Å². The minimum absolute atomic E-state index is 0.136. The fourth-order valence-corrected chi connectivity index (χ4v) is 3.03. The zero-order chi connectivity index (χ0) is 21.4. The van der Waals surface area contributed by atoms with Crippen LogP contribution in [0.15, 0.2) is 48.5 Å². The van der Waals surface area contributed by atoms with Gasteiger partial charge in [0, 0.05) is 24.8 Å². The standard InChI is InChI=1S/C21H22ClFN2O4/c1-13(26)24-18(11-14-6-8-17(23)9-7-14)20(27)25-19(21(28)29-2)12-15-4-3-5-16(22)10-15/h3-10,18-19H,11-12H2,1-2H3,(H,24,26)(H,25,27)/t18-,19-/m1/s1. The summed E-state index contributed by atoms with van der Waals surface area (Å²) in [6.07, 6.45) is 0.305. The molecular weight excluding hydrogens is 399 g/mol. The maximum absolute atomic E-state index is 13.1. The molecule has 8 heteroatoms. The lowest BCUT2D eigenvalue weighted by molar-refractivity contribution is -0.145. The van der Waals surface area contributed by atoms with Crippen LogP contribution in [0.4, 0.5) is 4.39 Å². The third-order valence-electron chi connectivity index (χ3n) is 4.18. The molecule has 0 unspecified atom stereocenters. The molecule has 0 bridgehead atoms. The second-order valence-corrected chi connectivity index (χ2v) is 6.94. The van der Waals surface area contributed by atoms with Crippen molar-refractivity contribution < 1.29 is 23.5 Å². The summed E-state index contributed by atoms with van der Waals surface area (Å²) in [4.78, 5) is 36.5. The number of benzene rings is 2. The SMILES string of the molecule is COC(=O)[C@@H](Cc1cccc(Cl)c1)NC(=O)[C@@H](Cc1ccc(F)cc1)NC(C)=O. The van der Waals surface area contributed by atoms with Crippen molar-refractivity contribution in [1.29, 1.82) is 0 Å². The number of nitrogens with one attached hydrogen (secondary N) is 2. The van der Waals surface area contributed by atoms with Crippen LogP contribution in [0.25, 0.3) is 0 Å². The molecule has 0 saturated heterocycles. The van der Waals surface area contributed by atoms with Gasteiger partial charge in [0.05, 0.1) is 7.11 Å². The summed E-state index contributed by atoms with van der Waals surface area (Å²) < 4.78 is 17.9. The van der Waals surface area contributed by atoms with Gasteiger partial charge in [-0.3, -0.25) is 9.59 Å². The number of carbonyl (C=O) groups is 3. The Balaban J connectivity index is 2.16. The Hall–Kier alpha value is -2.93. The van der Waals surface area contributed by atoms with Gasteiger partial charge in [0.2, 0.25) is 11.8 Å². The highest BCUT2D eigenvalue weighted by Crippen LogP contribution is 2.13. The Labute approximate surface area is 173 Å². The highest BCUT2D eigenvalue weighted by Gasteiger charge is 2.27. The lowest BCUT2D eigenvalue weighted by Gasteiger charge is -2.22. The first-order valence-electron chi connectivity index (χ1n) is 8.92. The maximum atomic E-state index is 13.1. The molecule has 154 valence electrons. The average molecular weight is 421 g/mol. The first kappa shape index (κ1) is 22.4. The quantitative estimate of drug-likeness (QED) is 0.642. The fraction of sp³-hybridized carbons (Fsp3) is 0.286. The first-order chi connectivity index (χ1) is 13.8. The molecule has 2 aromatic rings. The summed E-state index contributed by atoms with van der Waals surface area (Å²) in [5.74, 6) is -1.98. The van der Waals surface area contributed by atoms with Crippen molar-refractivity contribution in [1.82, 2.24) is 10.6 Å².